The number of rotatable bonds is 6. The third-order valence-corrected chi connectivity index (χ3v) is 16.1. The summed E-state index contributed by atoms with van der Waals surface area (Å²) in [4.78, 5) is 0. The van der Waals surface area contributed by atoms with Crippen molar-refractivity contribution in [2.45, 2.75) is 115 Å². The van der Waals surface area contributed by atoms with Crippen LogP contribution in [0, 0.1) is 0 Å². The van der Waals surface area contributed by atoms with Crippen molar-refractivity contribution < 1.29 is 28.3 Å². The lowest BCUT2D eigenvalue weighted by atomic mass is 10.1. The number of nitrogens with zero attached hydrogens (tertiary/aromatic N) is 1. The van der Waals surface area contributed by atoms with Gasteiger partial charge in [0.2, 0.25) is 5.79 Å². The molecule has 0 bridgehead atoms. The predicted molar refractivity (Wildman–Crippen MR) is 123 cm³/mol. The number of hydrogen-bond acceptors (Lipinski definition) is 7. The average Bonchev–Trinajstić information content (AvgIpc) is 2.95. The van der Waals surface area contributed by atoms with E-state index in [-0.39, 0.29) is 16.7 Å². The Bertz CT molecular complexity index is 665. The maximum absolute atomic E-state index is 9.81. The van der Waals surface area contributed by atoms with Crippen LogP contribution in [0.25, 0.3) is 0 Å². The van der Waals surface area contributed by atoms with E-state index in [0.29, 0.717) is 12.3 Å². The van der Waals surface area contributed by atoms with Crippen molar-refractivity contribution in [1.82, 2.24) is 0 Å². The van der Waals surface area contributed by atoms with Gasteiger partial charge in [-0.1, -0.05) is 46.7 Å². The first kappa shape index (κ1) is 26.0. The Morgan fingerprint density at radius 1 is 0.933 bits per heavy atom. The van der Waals surface area contributed by atoms with E-state index in [4.69, 9.17) is 23.1 Å². The quantitative estimate of drug-likeness (QED) is 0.336. The van der Waals surface area contributed by atoms with Crippen LogP contribution in [0.5, 0.6) is 0 Å². The first-order chi connectivity index (χ1) is 13.3. The highest BCUT2D eigenvalue weighted by Gasteiger charge is 2.65. The zero-order chi connectivity index (χ0) is 23.4. The summed E-state index contributed by atoms with van der Waals surface area (Å²) >= 11 is 0. The molecule has 3 atom stereocenters. The Morgan fingerprint density at radius 3 is 1.90 bits per heavy atom. The van der Waals surface area contributed by atoms with Crippen molar-refractivity contribution in [3.63, 3.8) is 0 Å². The minimum Gasteiger partial charge on any atom is -0.414 e. The first-order valence-corrected chi connectivity index (χ1v) is 16.6. The molecule has 2 fully saturated rings. The molecule has 2 aliphatic heterocycles. The maximum atomic E-state index is 9.81. The van der Waals surface area contributed by atoms with Gasteiger partial charge in [0.1, 0.15) is 11.8 Å². The summed E-state index contributed by atoms with van der Waals surface area (Å²) in [6.45, 7) is 26.1. The molecule has 30 heavy (non-hydrogen) atoms. The highest BCUT2D eigenvalue weighted by atomic mass is 28.4. The standard InChI is InChI=1S/C21H43NO6Si2/c1-18(2,3)29(9,10)24-13-15-16(22-23)17-21(26-15,28-20(7,8)27-17)14-25-30(11,12)19(4,5)6/h15,17,23H,13-14H2,1-12H3/b22-16+/t15-,17-,21-/m0/s1. The van der Waals surface area contributed by atoms with E-state index in [1.165, 1.54) is 0 Å². The van der Waals surface area contributed by atoms with E-state index in [0.717, 1.165) is 0 Å². The van der Waals surface area contributed by atoms with Gasteiger partial charge >= 0.3 is 0 Å². The van der Waals surface area contributed by atoms with Crippen LogP contribution in [0.2, 0.25) is 36.3 Å². The van der Waals surface area contributed by atoms with E-state index in [1.807, 2.05) is 13.8 Å². The lowest BCUT2D eigenvalue weighted by Crippen LogP contribution is -2.50. The Labute approximate surface area is 184 Å². The van der Waals surface area contributed by atoms with Crippen LogP contribution in [0.3, 0.4) is 0 Å². The van der Waals surface area contributed by atoms with Gasteiger partial charge in [0.15, 0.2) is 28.5 Å². The Balaban J connectivity index is 2.25. The van der Waals surface area contributed by atoms with Crippen molar-refractivity contribution >= 4 is 22.3 Å². The van der Waals surface area contributed by atoms with Gasteiger partial charge in [0, 0.05) is 0 Å². The minimum absolute atomic E-state index is 0.0471. The molecule has 2 saturated heterocycles. The summed E-state index contributed by atoms with van der Waals surface area (Å²) < 4.78 is 31.6. The van der Waals surface area contributed by atoms with Crippen molar-refractivity contribution in [1.29, 1.82) is 0 Å². The second-order valence-corrected chi connectivity index (χ2v) is 21.7. The molecule has 2 rings (SSSR count). The molecule has 0 saturated carbocycles. The monoisotopic (exact) mass is 461 g/mol. The van der Waals surface area contributed by atoms with Crippen LogP contribution >= 0.6 is 0 Å². The molecule has 9 heteroatoms. The molecule has 2 heterocycles. The molecule has 0 spiro atoms. The van der Waals surface area contributed by atoms with Crippen LogP contribution in [-0.2, 0) is 23.1 Å². The maximum Gasteiger partial charge on any atom is 0.226 e. The fourth-order valence-corrected chi connectivity index (χ4v) is 5.08. The van der Waals surface area contributed by atoms with Gasteiger partial charge in [-0.3, -0.25) is 0 Å². The topological polar surface area (TPSA) is 78.7 Å². The molecule has 2 aliphatic rings. The summed E-state index contributed by atoms with van der Waals surface area (Å²) in [5.41, 5.74) is 0.401. The smallest absolute Gasteiger partial charge is 0.226 e. The lowest BCUT2D eigenvalue weighted by molar-refractivity contribution is -0.268. The second-order valence-electron chi connectivity index (χ2n) is 12.1. The van der Waals surface area contributed by atoms with E-state index in [2.05, 4.69) is 72.9 Å². The fourth-order valence-electron chi connectivity index (χ4n) is 3.08. The third-order valence-electron chi connectivity index (χ3n) is 7.12. The van der Waals surface area contributed by atoms with Crippen LogP contribution in [0.1, 0.15) is 55.4 Å². The fraction of sp³-hybridized carbons (Fsp3) is 0.952. The van der Waals surface area contributed by atoms with Crippen molar-refractivity contribution in [3.05, 3.63) is 0 Å². The molecule has 0 aromatic heterocycles. The zero-order valence-electron chi connectivity index (χ0n) is 21.0. The SMILES string of the molecule is CC1(C)O[C@H]2/C(=N/O)[C@H](CO[Si](C)(C)C(C)(C)C)O[C@@]2(CO[Si](C)(C)C(C)(C)C)O1. The third kappa shape index (κ3) is 5.02. The van der Waals surface area contributed by atoms with Gasteiger partial charge in [0.05, 0.1) is 13.2 Å². The lowest BCUT2D eigenvalue weighted by Gasteiger charge is -2.39. The first-order valence-electron chi connectivity index (χ1n) is 10.8. The molecule has 0 unspecified atom stereocenters. The molecule has 0 radical (unpaired) electrons. The summed E-state index contributed by atoms with van der Waals surface area (Å²) in [6.07, 6.45) is -1.19. The average molecular weight is 462 g/mol. The molecule has 0 aromatic rings. The van der Waals surface area contributed by atoms with Crippen molar-refractivity contribution in [3.8, 4) is 0 Å². The number of hydrogen-bond donors (Lipinski definition) is 1. The van der Waals surface area contributed by atoms with E-state index in [1.54, 1.807) is 0 Å². The van der Waals surface area contributed by atoms with Crippen LogP contribution in [0.4, 0.5) is 0 Å². The molecule has 0 amide bonds. The Hall–Kier alpha value is -0.296. The van der Waals surface area contributed by atoms with Crippen LogP contribution < -0.4 is 0 Å². The normalized spacial score (nSPS) is 31.4. The van der Waals surface area contributed by atoms with Gasteiger partial charge in [-0.25, -0.2) is 0 Å². The largest absolute Gasteiger partial charge is 0.414 e. The molecule has 0 aromatic carbocycles. The molecular formula is C21H43NO6Si2. The van der Waals surface area contributed by atoms with Gasteiger partial charge < -0.3 is 28.3 Å². The Kier molecular flexibility index (Phi) is 6.86. The molecule has 1 N–H and O–H groups in total. The highest BCUT2D eigenvalue weighted by molar-refractivity contribution is 6.74. The van der Waals surface area contributed by atoms with Gasteiger partial charge in [-0.15, -0.1) is 0 Å². The van der Waals surface area contributed by atoms with E-state index in [9.17, 15) is 5.21 Å². The van der Waals surface area contributed by atoms with Gasteiger partial charge in [-0.2, -0.15) is 0 Å². The molecule has 7 nitrogen and oxygen atoms in total. The van der Waals surface area contributed by atoms with Crippen LogP contribution in [0.15, 0.2) is 5.16 Å². The minimum atomic E-state index is -2.05. The molecular weight excluding hydrogens is 418 g/mol. The summed E-state index contributed by atoms with van der Waals surface area (Å²) in [5, 5.41) is 13.5. The summed E-state index contributed by atoms with van der Waals surface area (Å²) in [5.74, 6) is -2.02. The van der Waals surface area contributed by atoms with Crippen molar-refractivity contribution in [2.75, 3.05) is 13.2 Å². The molecule has 0 aliphatic carbocycles. The summed E-state index contributed by atoms with van der Waals surface area (Å²) in [6, 6.07) is 0. The van der Waals surface area contributed by atoms with Crippen molar-refractivity contribution in [2.24, 2.45) is 5.16 Å². The highest BCUT2D eigenvalue weighted by Crippen LogP contribution is 2.46. The molecule has 176 valence electrons. The zero-order valence-corrected chi connectivity index (χ0v) is 23.0. The second kappa shape index (κ2) is 7.93. The van der Waals surface area contributed by atoms with Gasteiger partial charge in [0.25, 0.3) is 0 Å². The van der Waals surface area contributed by atoms with E-state index >= 15 is 0 Å². The number of oxime groups is 1. The van der Waals surface area contributed by atoms with Crippen LogP contribution in [-0.4, -0.2) is 64.5 Å². The Morgan fingerprint density at radius 2 is 1.43 bits per heavy atom. The summed E-state index contributed by atoms with van der Waals surface area (Å²) in [7, 11) is -4.05. The van der Waals surface area contributed by atoms with Gasteiger partial charge in [-0.05, 0) is 50.1 Å². The number of ether oxygens (including phenoxy) is 3. The predicted octanol–water partition coefficient (Wildman–Crippen LogP) is 5.11. The van der Waals surface area contributed by atoms with E-state index < -0.39 is 40.4 Å². The number of fused-ring (bicyclic) bond motifs is 1.